The van der Waals surface area contributed by atoms with Gasteiger partial charge in [0.05, 0.1) is 17.0 Å². The van der Waals surface area contributed by atoms with Crippen LogP contribution in [-0.2, 0) is 6.61 Å². The summed E-state index contributed by atoms with van der Waals surface area (Å²) in [6.07, 6.45) is 0. The number of nitrogens with one attached hydrogen (secondary N) is 4. The number of rotatable bonds is 4. The van der Waals surface area contributed by atoms with Gasteiger partial charge in [0, 0.05) is 5.56 Å². The smallest absolute Gasteiger partial charge is 0.328 e. The maximum atomic E-state index is 13.9. The SMILES string of the molecule is O=c1[nH]c2c(c(=O)[nH]1)C(c1cccc(OCc3ccccc3F)c1)c1c([nH]c(=O)[nH]c1=O)O2. The molecule has 0 unspecified atom stereocenters. The molecule has 0 atom stereocenters. The summed E-state index contributed by atoms with van der Waals surface area (Å²) in [4.78, 5) is 57.9. The predicted molar refractivity (Wildman–Crippen MR) is 114 cm³/mol. The van der Waals surface area contributed by atoms with Gasteiger partial charge in [-0.05, 0) is 23.8 Å². The fraction of sp³-hybridized carbons (Fsp3) is 0.0909. The molecule has 0 saturated carbocycles. The molecule has 0 aliphatic carbocycles. The average Bonchev–Trinajstić information content (AvgIpc) is 2.77. The number of aromatic nitrogens is 4. The normalized spacial score (nSPS) is 12.5. The Hall–Kier alpha value is -4.67. The summed E-state index contributed by atoms with van der Waals surface area (Å²) in [6.45, 7) is -0.0428. The minimum Gasteiger partial charge on any atom is -0.489 e. The van der Waals surface area contributed by atoms with Gasteiger partial charge in [0.1, 0.15) is 18.2 Å². The number of aromatic amines is 4. The molecule has 166 valence electrons. The molecule has 0 saturated heterocycles. The number of benzene rings is 2. The van der Waals surface area contributed by atoms with Gasteiger partial charge in [-0.15, -0.1) is 0 Å². The Bertz CT molecular complexity index is 1540. The second-order valence-electron chi connectivity index (χ2n) is 7.29. The molecular weight excluding hydrogens is 435 g/mol. The van der Waals surface area contributed by atoms with E-state index in [0.717, 1.165) is 0 Å². The van der Waals surface area contributed by atoms with Crippen LogP contribution in [0.15, 0.2) is 67.7 Å². The Labute approximate surface area is 182 Å². The molecule has 0 spiro atoms. The third-order valence-electron chi connectivity index (χ3n) is 5.21. The van der Waals surface area contributed by atoms with Crippen molar-refractivity contribution in [3.05, 3.63) is 118 Å². The van der Waals surface area contributed by atoms with Gasteiger partial charge in [-0.25, -0.2) is 14.0 Å². The van der Waals surface area contributed by atoms with Gasteiger partial charge in [-0.3, -0.25) is 29.5 Å². The van der Waals surface area contributed by atoms with E-state index in [9.17, 15) is 23.6 Å². The van der Waals surface area contributed by atoms with Crippen molar-refractivity contribution in [1.82, 2.24) is 19.9 Å². The Morgan fingerprint density at radius 2 is 1.45 bits per heavy atom. The van der Waals surface area contributed by atoms with Crippen LogP contribution in [0.4, 0.5) is 4.39 Å². The van der Waals surface area contributed by atoms with Crippen molar-refractivity contribution in [2.75, 3.05) is 0 Å². The molecular formula is C22H15FN4O6. The molecule has 11 heteroatoms. The summed E-state index contributed by atoms with van der Waals surface area (Å²) < 4.78 is 25.1. The summed E-state index contributed by atoms with van der Waals surface area (Å²) in [7, 11) is 0. The largest absolute Gasteiger partial charge is 0.489 e. The fourth-order valence-electron chi connectivity index (χ4n) is 3.78. The number of halogens is 1. The topological polar surface area (TPSA) is 150 Å². The van der Waals surface area contributed by atoms with E-state index in [2.05, 4.69) is 19.9 Å². The number of H-pyrrole nitrogens is 4. The first kappa shape index (κ1) is 20.2. The number of hydrogen-bond acceptors (Lipinski definition) is 6. The Morgan fingerprint density at radius 3 is 2.09 bits per heavy atom. The van der Waals surface area contributed by atoms with Crippen LogP contribution >= 0.6 is 0 Å². The van der Waals surface area contributed by atoms with Crippen LogP contribution in [0.25, 0.3) is 0 Å². The lowest BCUT2D eigenvalue weighted by Crippen LogP contribution is -2.36. The third kappa shape index (κ3) is 3.65. The zero-order valence-electron chi connectivity index (χ0n) is 16.7. The number of ether oxygens (including phenoxy) is 2. The molecule has 2 aromatic carbocycles. The van der Waals surface area contributed by atoms with Crippen molar-refractivity contribution in [3.63, 3.8) is 0 Å². The lowest BCUT2D eigenvalue weighted by molar-refractivity contribution is 0.299. The second-order valence-corrected chi connectivity index (χ2v) is 7.29. The molecule has 4 aromatic rings. The summed E-state index contributed by atoms with van der Waals surface area (Å²) >= 11 is 0. The van der Waals surface area contributed by atoms with Crippen molar-refractivity contribution in [1.29, 1.82) is 0 Å². The van der Waals surface area contributed by atoms with Gasteiger partial charge < -0.3 is 9.47 Å². The Morgan fingerprint density at radius 1 is 0.818 bits per heavy atom. The number of hydrogen-bond donors (Lipinski definition) is 4. The minimum atomic E-state index is -0.998. The van der Waals surface area contributed by atoms with Crippen molar-refractivity contribution < 1.29 is 13.9 Å². The van der Waals surface area contributed by atoms with Crippen LogP contribution in [0.1, 0.15) is 28.2 Å². The highest BCUT2D eigenvalue weighted by Crippen LogP contribution is 2.41. The van der Waals surface area contributed by atoms with E-state index in [1.807, 2.05) is 0 Å². The van der Waals surface area contributed by atoms with E-state index in [4.69, 9.17) is 9.47 Å². The van der Waals surface area contributed by atoms with Gasteiger partial charge in [0.25, 0.3) is 11.1 Å². The summed E-state index contributed by atoms with van der Waals surface area (Å²) in [5, 5.41) is 0. The van der Waals surface area contributed by atoms with E-state index in [0.29, 0.717) is 16.9 Å². The average molecular weight is 450 g/mol. The molecule has 0 amide bonds. The second kappa shape index (κ2) is 7.79. The predicted octanol–water partition coefficient (Wildman–Crippen LogP) is 1.44. The molecule has 4 N–H and O–H groups in total. The van der Waals surface area contributed by atoms with Gasteiger partial charge in [0.2, 0.25) is 11.8 Å². The van der Waals surface area contributed by atoms with Gasteiger partial charge in [-0.2, -0.15) is 0 Å². The lowest BCUT2D eigenvalue weighted by Gasteiger charge is -2.25. The fourth-order valence-corrected chi connectivity index (χ4v) is 3.78. The van der Waals surface area contributed by atoms with Crippen LogP contribution in [0.3, 0.4) is 0 Å². The van der Waals surface area contributed by atoms with E-state index >= 15 is 0 Å². The van der Waals surface area contributed by atoms with Crippen LogP contribution in [-0.4, -0.2) is 19.9 Å². The maximum Gasteiger partial charge on any atom is 0.328 e. The minimum absolute atomic E-state index is 0.0223. The molecule has 0 radical (unpaired) electrons. The molecule has 0 fully saturated rings. The van der Waals surface area contributed by atoms with Crippen molar-refractivity contribution in [2.24, 2.45) is 0 Å². The van der Waals surface area contributed by atoms with Gasteiger partial charge in [0.15, 0.2) is 0 Å². The van der Waals surface area contributed by atoms with E-state index < -0.39 is 34.2 Å². The lowest BCUT2D eigenvalue weighted by atomic mass is 9.85. The van der Waals surface area contributed by atoms with Crippen LogP contribution in [0.2, 0.25) is 0 Å². The molecule has 3 heterocycles. The van der Waals surface area contributed by atoms with Gasteiger partial charge in [-0.1, -0.05) is 30.3 Å². The van der Waals surface area contributed by atoms with E-state index in [1.54, 1.807) is 42.5 Å². The van der Waals surface area contributed by atoms with Gasteiger partial charge >= 0.3 is 11.4 Å². The highest BCUT2D eigenvalue weighted by molar-refractivity contribution is 5.53. The quantitative estimate of drug-likeness (QED) is 0.325. The highest BCUT2D eigenvalue weighted by atomic mass is 19.1. The van der Waals surface area contributed by atoms with Crippen molar-refractivity contribution in [2.45, 2.75) is 12.5 Å². The monoisotopic (exact) mass is 450 g/mol. The zero-order valence-corrected chi connectivity index (χ0v) is 16.7. The molecule has 10 nitrogen and oxygen atoms in total. The van der Waals surface area contributed by atoms with E-state index in [-0.39, 0.29) is 29.5 Å². The molecule has 2 aromatic heterocycles. The van der Waals surface area contributed by atoms with Crippen molar-refractivity contribution in [3.8, 4) is 17.5 Å². The standard InChI is InChI=1S/C22H15FN4O6/c23-13-7-2-1-4-11(13)9-32-12-6-3-5-10(8-12)14-15-17(28)24-21(30)26-19(15)33-20-16(14)18(29)25-22(31)27-20/h1-8,14H,9H2,(H2,24,26,28,30)(H2,25,27,29,31). The summed E-state index contributed by atoms with van der Waals surface area (Å²) in [6, 6.07) is 12.7. The van der Waals surface area contributed by atoms with E-state index in [1.165, 1.54) is 6.07 Å². The molecule has 0 bridgehead atoms. The number of fused-ring (bicyclic) bond motifs is 2. The summed E-state index contributed by atoms with van der Waals surface area (Å²) in [5.41, 5.74) is -2.38. The summed E-state index contributed by atoms with van der Waals surface area (Å²) in [5.74, 6) is -1.44. The third-order valence-corrected chi connectivity index (χ3v) is 5.21. The Kier molecular flexibility index (Phi) is 4.78. The first-order valence-electron chi connectivity index (χ1n) is 9.77. The molecule has 33 heavy (non-hydrogen) atoms. The molecule has 1 aliphatic rings. The zero-order chi connectivity index (χ0) is 23.1. The first-order valence-corrected chi connectivity index (χ1v) is 9.77. The highest BCUT2D eigenvalue weighted by Gasteiger charge is 2.35. The molecule has 1 aliphatic heterocycles. The maximum absolute atomic E-state index is 13.9. The Balaban J connectivity index is 1.63. The first-order chi connectivity index (χ1) is 15.9. The van der Waals surface area contributed by atoms with Crippen molar-refractivity contribution >= 4 is 0 Å². The van der Waals surface area contributed by atoms with Crippen LogP contribution < -0.4 is 32.0 Å². The van der Waals surface area contributed by atoms with Crippen LogP contribution in [0.5, 0.6) is 17.5 Å². The molecule has 5 rings (SSSR count). The van der Waals surface area contributed by atoms with Crippen LogP contribution in [0, 0.1) is 5.82 Å².